The van der Waals surface area contributed by atoms with Crippen molar-refractivity contribution in [1.82, 2.24) is 5.32 Å². The Labute approximate surface area is 110 Å². The zero-order chi connectivity index (χ0) is 12.3. The van der Waals surface area contributed by atoms with E-state index in [1.54, 1.807) is 6.92 Å². The standard InChI is InChI=1S/C13H15BrN2O/c1-9(7-15)17-12-4-5-13(14)10(6-12)8-16-11-2-3-11/h4-6,9,11,16H,2-3,8H2,1H3. The molecule has 1 unspecified atom stereocenters. The van der Waals surface area contributed by atoms with Gasteiger partial charge in [0.1, 0.15) is 11.8 Å². The number of nitrogens with zero attached hydrogens (tertiary/aromatic N) is 1. The average Bonchev–Trinajstić information content (AvgIpc) is 3.13. The van der Waals surface area contributed by atoms with Crippen molar-refractivity contribution in [2.75, 3.05) is 0 Å². The maximum Gasteiger partial charge on any atom is 0.181 e. The fourth-order valence-corrected chi connectivity index (χ4v) is 1.92. The third kappa shape index (κ3) is 3.72. The first-order valence-electron chi connectivity index (χ1n) is 5.77. The summed E-state index contributed by atoms with van der Waals surface area (Å²) < 4.78 is 6.54. The van der Waals surface area contributed by atoms with Gasteiger partial charge in [-0.1, -0.05) is 15.9 Å². The summed E-state index contributed by atoms with van der Waals surface area (Å²) >= 11 is 3.52. The van der Waals surface area contributed by atoms with Crippen molar-refractivity contribution >= 4 is 15.9 Å². The fraction of sp³-hybridized carbons (Fsp3) is 0.462. The van der Waals surface area contributed by atoms with E-state index in [0.29, 0.717) is 6.04 Å². The normalized spacial score (nSPS) is 16.3. The molecule has 1 fully saturated rings. The highest BCUT2D eigenvalue weighted by molar-refractivity contribution is 9.10. The molecule has 3 nitrogen and oxygen atoms in total. The summed E-state index contributed by atoms with van der Waals surface area (Å²) in [6.45, 7) is 2.58. The predicted octanol–water partition coefficient (Wildman–Crippen LogP) is 2.99. The minimum atomic E-state index is -0.416. The van der Waals surface area contributed by atoms with E-state index < -0.39 is 6.10 Å². The van der Waals surface area contributed by atoms with Gasteiger partial charge in [0.25, 0.3) is 0 Å². The molecule has 0 bridgehead atoms. The minimum absolute atomic E-state index is 0.416. The monoisotopic (exact) mass is 294 g/mol. The molecule has 0 saturated heterocycles. The van der Waals surface area contributed by atoms with Crippen LogP contribution >= 0.6 is 15.9 Å². The molecule has 1 aliphatic rings. The highest BCUT2D eigenvalue weighted by atomic mass is 79.9. The fourth-order valence-electron chi connectivity index (χ4n) is 1.53. The first kappa shape index (κ1) is 12.4. The Bertz CT molecular complexity index is 438. The number of nitrogens with one attached hydrogen (secondary N) is 1. The Hall–Kier alpha value is -1.05. The highest BCUT2D eigenvalue weighted by Crippen LogP contribution is 2.25. The molecule has 4 heteroatoms. The first-order chi connectivity index (χ1) is 8.19. The minimum Gasteiger partial charge on any atom is -0.476 e. The van der Waals surface area contributed by atoms with Crippen molar-refractivity contribution in [1.29, 1.82) is 5.26 Å². The Balaban J connectivity index is 2.02. The zero-order valence-electron chi connectivity index (χ0n) is 9.74. The van der Waals surface area contributed by atoms with Crippen molar-refractivity contribution in [3.05, 3.63) is 28.2 Å². The van der Waals surface area contributed by atoms with Crippen LogP contribution in [0, 0.1) is 11.3 Å². The molecule has 0 aliphatic heterocycles. The lowest BCUT2D eigenvalue weighted by Gasteiger charge is -2.11. The topological polar surface area (TPSA) is 45.0 Å². The lowest BCUT2D eigenvalue weighted by atomic mass is 10.2. The van der Waals surface area contributed by atoms with Gasteiger partial charge in [-0.2, -0.15) is 5.26 Å². The van der Waals surface area contributed by atoms with E-state index in [1.807, 2.05) is 18.2 Å². The Kier molecular flexibility index (Phi) is 4.03. The van der Waals surface area contributed by atoms with Crippen LogP contribution in [0.3, 0.4) is 0 Å². The van der Waals surface area contributed by atoms with Gasteiger partial charge in [-0.05, 0) is 43.5 Å². The number of rotatable bonds is 5. The van der Waals surface area contributed by atoms with Crippen LogP contribution in [-0.2, 0) is 6.54 Å². The lowest BCUT2D eigenvalue weighted by molar-refractivity contribution is 0.276. The summed E-state index contributed by atoms with van der Waals surface area (Å²) in [5.41, 5.74) is 1.17. The van der Waals surface area contributed by atoms with Crippen LogP contribution in [0.25, 0.3) is 0 Å². The van der Waals surface area contributed by atoms with Crippen LogP contribution in [0.4, 0.5) is 0 Å². The van der Waals surface area contributed by atoms with Crippen LogP contribution in [0.1, 0.15) is 25.3 Å². The molecule has 1 aliphatic carbocycles. The number of hydrogen-bond donors (Lipinski definition) is 1. The number of ether oxygens (including phenoxy) is 1. The van der Waals surface area contributed by atoms with E-state index in [2.05, 4.69) is 27.3 Å². The van der Waals surface area contributed by atoms with E-state index in [4.69, 9.17) is 10.00 Å². The van der Waals surface area contributed by atoms with Gasteiger partial charge in [-0.25, -0.2) is 0 Å². The largest absolute Gasteiger partial charge is 0.476 e. The van der Waals surface area contributed by atoms with E-state index >= 15 is 0 Å². The summed E-state index contributed by atoms with van der Waals surface area (Å²) in [5, 5.41) is 12.2. The van der Waals surface area contributed by atoms with Gasteiger partial charge in [0.2, 0.25) is 0 Å². The molecule has 1 aromatic rings. The van der Waals surface area contributed by atoms with Crippen molar-refractivity contribution < 1.29 is 4.74 Å². The quantitative estimate of drug-likeness (QED) is 0.908. The maximum absolute atomic E-state index is 8.71. The van der Waals surface area contributed by atoms with Crippen molar-refractivity contribution in [2.24, 2.45) is 0 Å². The maximum atomic E-state index is 8.71. The molecule has 1 N–H and O–H groups in total. The summed E-state index contributed by atoms with van der Waals surface area (Å²) in [5.74, 6) is 0.745. The molecule has 1 atom stereocenters. The summed E-state index contributed by atoms with van der Waals surface area (Å²) in [4.78, 5) is 0. The van der Waals surface area contributed by atoms with Crippen molar-refractivity contribution in [3.8, 4) is 11.8 Å². The Morgan fingerprint density at radius 3 is 3.00 bits per heavy atom. The van der Waals surface area contributed by atoms with Gasteiger partial charge in [-0.3, -0.25) is 0 Å². The molecule has 1 aromatic carbocycles. The van der Waals surface area contributed by atoms with E-state index in [0.717, 1.165) is 16.8 Å². The van der Waals surface area contributed by atoms with Crippen molar-refractivity contribution in [3.63, 3.8) is 0 Å². The van der Waals surface area contributed by atoms with Gasteiger partial charge in [-0.15, -0.1) is 0 Å². The molecule has 0 aromatic heterocycles. The average molecular weight is 295 g/mol. The van der Waals surface area contributed by atoms with Gasteiger partial charge in [0, 0.05) is 17.1 Å². The summed E-state index contributed by atoms with van der Waals surface area (Å²) in [7, 11) is 0. The highest BCUT2D eigenvalue weighted by Gasteiger charge is 2.20. The van der Waals surface area contributed by atoms with Gasteiger partial charge in [0.05, 0.1) is 0 Å². The van der Waals surface area contributed by atoms with Crippen LogP contribution in [0.2, 0.25) is 0 Å². The van der Waals surface area contributed by atoms with Gasteiger partial charge in [0.15, 0.2) is 6.10 Å². The van der Waals surface area contributed by atoms with E-state index in [-0.39, 0.29) is 0 Å². The third-order valence-electron chi connectivity index (χ3n) is 2.67. The Morgan fingerprint density at radius 2 is 2.35 bits per heavy atom. The van der Waals surface area contributed by atoms with Gasteiger partial charge < -0.3 is 10.1 Å². The molecule has 17 heavy (non-hydrogen) atoms. The van der Waals surface area contributed by atoms with Crippen LogP contribution in [-0.4, -0.2) is 12.1 Å². The summed E-state index contributed by atoms with van der Waals surface area (Å²) in [6.07, 6.45) is 2.14. The smallest absolute Gasteiger partial charge is 0.181 e. The van der Waals surface area contributed by atoms with E-state index in [9.17, 15) is 0 Å². The summed E-state index contributed by atoms with van der Waals surface area (Å²) in [6, 6.07) is 8.56. The third-order valence-corrected chi connectivity index (χ3v) is 3.44. The number of halogens is 1. The van der Waals surface area contributed by atoms with Crippen molar-refractivity contribution in [2.45, 2.75) is 38.5 Å². The molecule has 0 spiro atoms. The lowest BCUT2D eigenvalue weighted by Crippen LogP contribution is -2.16. The molecule has 2 rings (SSSR count). The molecule has 0 amide bonds. The number of nitriles is 1. The molecular formula is C13H15BrN2O. The second-order valence-corrected chi connectivity index (χ2v) is 5.15. The molecule has 1 saturated carbocycles. The number of benzene rings is 1. The van der Waals surface area contributed by atoms with Crippen LogP contribution < -0.4 is 10.1 Å². The second-order valence-electron chi connectivity index (χ2n) is 4.30. The molecule has 0 heterocycles. The Morgan fingerprint density at radius 1 is 1.59 bits per heavy atom. The predicted molar refractivity (Wildman–Crippen MR) is 69.7 cm³/mol. The molecule has 0 radical (unpaired) electrons. The van der Waals surface area contributed by atoms with Gasteiger partial charge >= 0.3 is 0 Å². The zero-order valence-corrected chi connectivity index (χ0v) is 11.3. The second kappa shape index (κ2) is 5.52. The number of hydrogen-bond acceptors (Lipinski definition) is 3. The van der Waals surface area contributed by atoms with Crippen LogP contribution in [0.15, 0.2) is 22.7 Å². The molecular weight excluding hydrogens is 280 g/mol. The molecule has 90 valence electrons. The van der Waals surface area contributed by atoms with Crippen LogP contribution in [0.5, 0.6) is 5.75 Å². The van der Waals surface area contributed by atoms with E-state index in [1.165, 1.54) is 18.4 Å². The first-order valence-corrected chi connectivity index (χ1v) is 6.56. The SMILES string of the molecule is CC(C#N)Oc1ccc(Br)c(CNC2CC2)c1.